The van der Waals surface area contributed by atoms with Gasteiger partial charge in [-0.2, -0.15) is 0 Å². The third-order valence-electron chi connectivity index (χ3n) is 8.83. The van der Waals surface area contributed by atoms with Crippen molar-refractivity contribution in [1.29, 1.82) is 0 Å². The van der Waals surface area contributed by atoms with Crippen molar-refractivity contribution in [2.24, 2.45) is 11.8 Å². The number of carbonyl (C=O) groups excluding carboxylic acids is 1. The Balaban J connectivity index is 1.49. The summed E-state index contributed by atoms with van der Waals surface area (Å²) >= 11 is 6.40. The quantitative estimate of drug-likeness (QED) is 0.278. The summed E-state index contributed by atoms with van der Waals surface area (Å²) in [5, 5.41) is 11.7. The van der Waals surface area contributed by atoms with Crippen LogP contribution in [0, 0.1) is 11.8 Å². The number of aliphatic hydroxyl groups is 1. The molecule has 1 spiro atoms. The smallest absolute Gasteiger partial charge is 0.338 e. The van der Waals surface area contributed by atoms with Gasteiger partial charge in [-0.05, 0) is 113 Å². The van der Waals surface area contributed by atoms with Crippen molar-refractivity contribution in [1.82, 2.24) is 0 Å². The van der Waals surface area contributed by atoms with Gasteiger partial charge in [0.25, 0.3) is 0 Å². The molecule has 1 aliphatic heterocycles. The van der Waals surface area contributed by atoms with E-state index in [0.717, 1.165) is 74.5 Å². The molecule has 0 saturated heterocycles. The van der Waals surface area contributed by atoms with Crippen LogP contribution in [-0.4, -0.2) is 42.5 Å². The molecule has 6 heteroatoms. The average molecular weight is 566 g/mol. The summed E-state index contributed by atoms with van der Waals surface area (Å²) in [6.07, 6.45) is 11.0. The van der Waals surface area contributed by atoms with E-state index in [0.29, 0.717) is 18.1 Å². The fourth-order valence-corrected chi connectivity index (χ4v) is 6.87. The van der Waals surface area contributed by atoms with Gasteiger partial charge in [0.05, 0.1) is 24.0 Å². The summed E-state index contributed by atoms with van der Waals surface area (Å²) in [7, 11) is 0. The molecule has 1 N–H and O–H groups in total. The third-order valence-corrected chi connectivity index (χ3v) is 9.07. The molecule has 5 rings (SSSR count). The van der Waals surface area contributed by atoms with Crippen LogP contribution in [0.5, 0.6) is 5.75 Å². The largest absolute Gasteiger partial charge is 0.490 e. The number of ether oxygens (including phenoxy) is 2. The molecular formula is C34H44ClNO4. The topological polar surface area (TPSA) is 59.0 Å². The normalized spacial score (nSPS) is 25.0. The summed E-state index contributed by atoms with van der Waals surface area (Å²) in [5.41, 5.74) is 3.34. The number of hydrogen-bond donors (Lipinski definition) is 1. The van der Waals surface area contributed by atoms with Crippen LogP contribution in [-0.2, 0) is 16.6 Å². The van der Waals surface area contributed by atoms with Crippen LogP contribution in [0.4, 0.5) is 5.69 Å². The van der Waals surface area contributed by atoms with Crippen molar-refractivity contribution in [2.45, 2.75) is 89.8 Å². The van der Waals surface area contributed by atoms with E-state index >= 15 is 0 Å². The van der Waals surface area contributed by atoms with Crippen LogP contribution in [0.25, 0.3) is 0 Å². The van der Waals surface area contributed by atoms with Gasteiger partial charge in [0.1, 0.15) is 11.4 Å². The zero-order chi connectivity index (χ0) is 28.5. The highest BCUT2D eigenvalue weighted by molar-refractivity contribution is 6.30. The summed E-state index contributed by atoms with van der Waals surface area (Å²) in [6.45, 7) is 9.99. The standard InChI is InChI=1S/C34H44ClNO4/c1-5-6-7-10-30(37)27-14-11-25(27)20-36-21-34(17-8-9-23-18-26(35)13-15-28(23)34)22-39-31-16-12-24(19-29(31)36)32(38)40-33(2,3)4/h7,10,12-13,15-16,18-19,25,27,30,37H,5-6,8-9,11,14,17,20-22H2,1-4H3/b10-7+/t25-,27+,30+,34-/m0/s1. The van der Waals surface area contributed by atoms with E-state index in [-0.39, 0.29) is 17.3 Å². The van der Waals surface area contributed by atoms with Crippen LogP contribution in [0.1, 0.15) is 87.7 Å². The van der Waals surface area contributed by atoms with E-state index in [4.69, 9.17) is 21.1 Å². The van der Waals surface area contributed by atoms with Gasteiger partial charge in [-0.15, -0.1) is 0 Å². The summed E-state index contributed by atoms with van der Waals surface area (Å²) in [6, 6.07) is 12.0. The number of esters is 1. The zero-order valence-electron chi connectivity index (χ0n) is 24.4. The third kappa shape index (κ3) is 6.21. The Hall–Kier alpha value is -2.50. The number of aliphatic hydroxyl groups excluding tert-OH is 1. The molecule has 40 heavy (non-hydrogen) atoms. The molecular weight excluding hydrogens is 522 g/mol. The first-order chi connectivity index (χ1) is 19.1. The lowest BCUT2D eigenvalue weighted by molar-refractivity contribution is 0.00695. The van der Waals surface area contributed by atoms with E-state index < -0.39 is 11.7 Å². The van der Waals surface area contributed by atoms with Crippen molar-refractivity contribution >= 4 is 23.3 Å². The Morgan fingerprint density at radius 2 is 2.08 bits per heavy atom. The second-order valence-corrected chi connectivity index (χ2v) is 13.4. The predicted octanol–water partition coefficient (Wildman–Crippen LogP) is 7.51. The van der Waals surface area contributed by atoms with Crippen LogP contribution in [0.2, 0.25) is 5.02 Å². The number of rotatable bonds is 7. The lowest BCUT2D eigenvalue weighted by atomic mass is 9.68. The maximum Gasteiger partial charge on any atom is 0.338 e. The first kappa shape index (κ1) is 29.0. The maximum atomic E-state index is 13.1. The summed E-state index contributed by atoms with van der Waals surface area (Å²) in [5.74, 6) is 1.07. The van der Waals surface area contributed by atoms with Crippen molar-refractivity contribution in [3.8, 4) is 5.75 Å². The van der Waals surface area contributed by atoms with Crippen molar-refractivity contribution < 1.29 is 19.4 Å². The van der Waals surface area contributed by atoms with Gasteiger partial charge in [-0.3, -0.25) is 0 Å². The number of halogens is 1. The lowest BCUT2D eigenvalue weighted by Crippen LogP contribution is -2.49. The van der Waals surface area contributed by atoms with Gasteiger partial charge in [0.2, 0.25) is 0 Å². The van der Waals surface area contributed by atoms with E-state index in [1.807, 2.05) is 51.1 Å². The van der Waals surface area contributed by atoms with E-state index in [1.165, 1.54) is 11.1 Å². The average Bonchev–Trinajstić information content (AvgIpc) is 3.03. The molecule has 1 fully saturated rings. The van der Waals surface area contributed by atoms with Crippen LogP contribution in [0.3, 0.4) is 0 Å². The molecule has 2 aromatic rings. The highest BCUT2D eigenvalue weighted by Crippen LogP contribution is 2.46. The Bertz CT molecular complexity index is 1250. The Kier molecular flexibility index (Phi) is 8.54. The molecule has 216 valence electrons. The minimum atomic E-state index is -0.572. The predicted molar refractivity (Wildman–Crippen MR) is 162 cm³/mol. The number of aryl methyl sites for hydroxylation is 1. The Labute approximate surface area is 244 Å². The SMILES string of the molecule is CCC/C=C/[C@@H](O)[C@@H]1CC[C@H]1CN1C[C@@]2(CCCc3cc(Cl)ccc32)COc2ccc(C(=O)OC(C)(C)C)cc21. The highest BCUT2D eigenvalue weighted by atomic mass is 35.5. The Morgan fingerprint density at radius 1 is 1.25 bits per heavy atom. The monoisotopic (exact) mass is 565 g/mol. The molecule has 0 aromatic heterocycles. The van der Waals surface area contributed by atoms with Crippen LogP contribution in [0.15, 0.2) is 48.6 Å². The molecule has 1 saturated carbocycles. The summed E-state index contributed by atoms with van der Waals surface area (Å²) < 4.78 is 12.3. The van der Waals surface area contributed by atoms with Gasteiger partial charge < -0.3 is 19.5 Å². The summed E-state index contributed by atoms with van der Waals surface area (Å²) in [4.78, 5) is 15.5. The molecule has 2 aromatic carbocycles. The number of benzene rings is 2. The minimum absolute atomic E-state index is 0.178. The molecule has 3 aliphatic rings. The van der Waals surface area contributed by atoms with E-state index in [2.05, 4.69) is 30.0 Å². The molecule has 0 radical (unpaired) electrons. The maximum absolute atomic E-state index is 13.1. The number of allylic oxidation sites excluding steroid dienone is 1. The first-order valence-electron chi connectivity index (χ1n) is 15.0. The number of unbranched alkanes of at least 4 members (excludes halogenated alkanes) is 1. The van der Waals surface area contributed by atoms with Gasteiger partial charge in [0.15, 0.2) is 0 Å². The highest BCUT2D eigenvalue weighted by Gasteiger charge is 2.44. The van der Waals surface area contributed by atoms with Gasteiger partial charge in [-0.25, -0.2) is 4.79 Å². The second kappa shape index (κ2) is 11.8. The molecule has 4 atom stereocenters. The van der Waals surface area contributed by atoms with E-state index in [9.17, 15) is 9.90 Å². The number of hydrogen-bond acceptors (Lipinski definition) is 5. The molecule has 2 aliphatic carbocycles. The number of carbonyl (C=O) groups is 1. The van der Waals surface area contributed by atoms with Crippen LogP contribution >= 0.6 is 11.6 Å². The zero-order valence-corrected chi connectivity index (χ0v) is 25.2. The molecule has 1 heterocycles. The van der Waals surface area contributed by atoms with Gasteiger partial charge in [-0.1, -0.05) is 43.2 Å². The first-order valence-corrected chi connectivity index (χ1v) is 15.4. The lowest BCUT2D eigenvalue weighted by Gasteiger charge is -2.45. The second-order valence-electron chi connectivity index (χ2n) is 13.0. The van der Waals surface area contributed by atoms with Gasteiger partial charge >= 0.3 is 5.97 Å². The number of nitrogens with zero attached hydrogens (tertiary/aromatic N) is 1. The fraction of sp³-hybridized carbons (Fsp3) is 0.559. The van der Waals surface area contributed by atoms with Crippen LogP contribution < -0.4 is 9.64 Å². The number of fused-ring (bicyclic) bond motifs is 3. The molecule has 0 amide bonds. The number of anilines is 1. The fourth-order valence-electron chi connectivity index (χ4n) is 6.68. The van der Waals surface area contributed by atoms with Crippen molar-refractivity contribution in [3.63, 3.8) is 0 Å². The molecule has 0 unspecified atom stereocenters. The Morgan fingerprint density at radius 3 is 2.80 bits per heavy atom. The molecule has 5 nitrogen and oxygen atoms in total. The van der Waals surface area contributed by atoms with Gasteiger partial charge in [0, 0.05) is 23.5 Å². The van der Waals surface area contributed by atoms with Crippen molar-refractivity contribution in [3.05, 3.63) is 70.3 Å². The van der Waals surface area contributed by atoms with E-state index in [1.54, 1.807) is 0 Å². The molecule has 0 bridgehead atoms. The minimum Gasteiger partial charge on any atom is -0.490 e. The van der Waals surface area contributed by atoms with Crippen molar-refractivity contribution in [2.75, 3.05) is 24.6 Å².